The lowest BCUT2D eigenvalue weighted by Crippen LogP contribution is -2.48. The molecule has 0 spiro atoms. The van der Waals surface area contributed by atoms with E-state index in [0.717, 1.165) is 5.56 Å². The van der Waals surface area contributed by atoms with Crippen molar-refractivity contribution < 1.29 is 29.9 Å². The third kappa shape index (κ3) is 4.80. The second-order valence-electron chi connectivity index (χ2n) is 4.58. The van der Waals surface area contributed by atoms with Gasteiger partial charge in [0.15, 0.2) is 0 Å². The van der Waals surface area contributed by atoms with Crippen LogP contribution in [0.4, 0.5) is 0 Å². The van der Waals surface area contributed by atoms with E-state index in [-0.39, 0.29) is 5.76 Å². The van der Waals surface area contributed by atoms with E-state index < -0.39 is 31.0 Å². The summed E-state index contributed by atoms with van der Waals surface area (Å²) in [7, 11) is 2.61. The van der Waals surface area contributed by atoms with Gasteiger partial charge in [-0.1, -0.05) is 30.3 Å². The number of methoxy groups -OCH3 is 2. The van der Waals surface area contributed by atoms with Gasteiger partial charge in [0.05, 0.1) is 6.61 Å². The summed E-state index contributed by atoms with van der Waals surface area (Å²) in [6, 6.07) is 9.03. The van der Waals surface area contributed by atoms with E-state index in [2.05, 4.69) is 0 Å². The van der Waals surface area contributed by atoms with Crippen LogP contribution in [-0.2, 0) is 9.47 Å². The molecular weight excluding hydrogens is 276 g/mol. The molecule has 1 aromatic rings. The normalized spacial score (nSPS) is 18.0. The predicted octanol–water partition coefficient (Wildman–Crippen LogP) is 0.330. The Morgan fingerprint density at radius 1 is 1.14 bits per heavy atom. The standard InChI is InChI=1S/C15H22O6/c1-20-14(13(19)15(21-2)12(18)9-16)11(17)8-10-6-4-3-5-7-10/h3-8,12-19H,9H2,1-2H3/t12-,13-,14+,15-/m1/s1. The molecule has 0 heterocycles. The molecule has 0 saturated carbocycles. The van der Waals surface area contributed by atoms with Crippen LogP contribution < -0.4 is 0 Å². The molecule has 0 unspecified atom stereocenters. The molecule has 0 aliphatic carbocycles. The molecule has 0 aliphatic heterocycles. The Bertz CT molecular complexity index is 433. The van der Waals surface area contributed by atoms with Crippen LogP contribution in [0.1, 0.15) is 5.56 Å². The van der Waals surface area contributed by atoms with Crippen molar-refractivity contribution in [1.29, 1.82) is 0 Å². The minimum absolute atomic E-state index is 0.205. The van der Waals surface area contributed by atoms with Crippen molar-refractivity contribution in [2.45, 2.75) is 24.4 Å². The van der Waals surface area contributed by atoms with Crippen LogP contribution >= 0.6 is 0 Å². The zero-order valence-corrected chi connectivity index (χ0v) is 12.1. The van der Waals surface area contributed by atoms with Crippen molar-refractivity contribution in [3.05, 3.63) is 41.7 Å². The van der Waals surface area contributed by atoms with Crippen LogP contribution in [-0.4, -0.2) is 65.7 Å². The lowest BCUT2D eigenvalue weighted by molar-refractivity contribution is -0.134. The zero-order valence-electron chi connectivity index (χ0n) is 12.1. The molecule has 0 bridgehead atoms. The molecule has 1 aromatic carbocycles. The molecule has 6 heteroatoms. The van der Waals surface area contributed by atoms with Crippen molar-refractivity contribution in [2.75, 3.05) is 20.8 Å². The maximum absolute atomic E-state index is 10.2. The molecule has 0 aromatic heterocycles. The van der Waals surface area contributed by atoms with E-state index in [9.17, 15) is 15.3 Å². The highest BCUT2D eigenvalue weighted by Crippen LogP contribution is 2.18. The van der Waals surface area contributed by atoms with Crippen LogP contribution in [0, 0.1) is 0 Å². The molecule has 21 heavy (non-hydrogen) atoms. The first kappa shape index (κ1) is 17.6. The minimum atomic E-state index is -1.35. The summed E-state index contributed by atoms with van der Waals surface area (Å²) in [5.41, 5.74) is 0.737. The summed E-state index contributed by atoms with van der Waals surface area (Å²) in [6.45, 7) is -0.574. The number of benzene rings is 1. The van der Waals surface area contributed by atoms with Gasteiger partial charge >= 0.3 is 0 Å². The fourth-order valence-electron chi connectivity index (χ4n) is 2.04. The van der Waals surface area contributed by atoms with E-state index in [1.807, 2.05) is 18.2 Å². The van der Waals surface area contributed by atoms with Crippen molar-refractivity contribution in [3.8, 4) is 0 Å². The van der Waals surface area contributed by atoms with Crippen molar-refractivity contribution in [1.82, 2.24) is 0 Å². The highest BCUT2D eigenvalue weighted by atomic mass is 16.5. The fourth-order valence-corrected chi connectivity index (χ4v) is 2.04. The summed E-state index contributed by atoms with van der Waals surface area (Å²) in [5.74, 6) is -0.205. The van der Waals surface area contributed by atoms with Gasteiger partial charge in [-0.15, -0.1) is 0 Å². The molecule has 0 saturated heterocycles. The molecule has 0 amide bonds. The third-order valence-corrected chi connectivity index (χ3v) is 3.14. The Morgan fingerprint density at radius 3 is 2.24 bits per heavy atom. The fraction of sp³-hybridized carbons (Fsp3) is 0.467. The number of hydrogen-bond donors (Lipinski definition) is 4. The second-order valence-corrected chi connectivity index (χ2v) is 4.58. The Balaban J connectivity index is 2.92. The molecule has 6 nitrogen and oxygen atoms in total. The van der Waals surface area contributed by atoms with Crippen molar-refractivity contribution >= 4 is 6.08 Å². The summed E-state index contributed by atoms with van der Waals surface area (Å²) in [5, 5.41) is 38.9. The Hall–Kier alpha value is -1.44. The van der Waals surface area contributed by atoms with Gasteiger partial charge in [-0.05, 0) is 11.6 Å². The molecular formula is C15H22O6. The average molecular weight is 298 g/mol. The SMILES string of the molecule is CO[C@@H]([C@H](O)[C@@H](OC)C(O)=Cc1ccccc1)[C@H](O)CO. The van der Waals surface area contributed by atoms with Crippen LogP contribution in [0.3, 0.4) is 0 Å². The predicted molar refractivity (Wildman–Crippen MR) is 77.7 cm³/mol. The smallest absolute Gasteiger partial charge is 0.142 e. The zero-order chi connectivity index (χ0) is 15.8. The van der Waals surface area contributed by atoms with Gasteiger partial charge in [-0.3, -0.25) is 0 Å². The Kier molecular flexibility index (Phi) is 7.35. The summed E-state index contributed by atoms with van der Waals surface area (Å²) in [4.78, 5) is 0. The highest BCUT2D eigenvalue weighted by Gasteiger charge is 2.35. The van der Waals surface area contributed by atoms with Gasteiger partial charge in [-0.2, -0.15) is 0 Å². The first-order chi connectivity index (χ1) is 10.0. The molecule has 0 fully saturated rings. The summed E-state index contributed by atoms with van der Waals surface area (Å²) in [6.07, 6.45) is -3.35. The number of ether oxygens (including phenoxy) is 2. The number of rotatable bonds is 8. The van der Waals surface area contributed by atoms with E-state index in [1.54, 1.807) is 12.1 Å². The second kappa shape index (κ2) is 8.76. The van der Waals surface area contributed by atoms with Crippen LogP contribution in [0.15, 0.2) is 36.1 Å². The summed E-state index contributed by atoms with van der Waals surface area (Å²) < 4.78 is 10.1. The molecule has 4 atom stereocenters. The van der Waals surface area contributed by atoms with Crippen molar-refractivity contribution in [2.24, 2.45) is 0 Å². The Labute approximate surface area is 123 Å². The van der Waals surface area contributed by atoms with Crippen LogP contribution in [0.25, 0.3) is 6.08 Å². The third-order valence-electron chi connectivity index (χ3n) is 3.14. The van der Waals surface area contributed by atoms with Gasteiger partial charge in [0, 0.05) is 14.2 Å². The first-order valence-corrected chi connectivity index (χ1v) is 6.53. The largest absolute Gasteiger partial charge is 0.509 e. The topological polar surface area (TPSA) is 99.4 Å². The van der Waals surface area contributed by atoms with Gasteiger partial charge in [0.1, 0.15) is 30.2 Å². The molecule has 0 radical (unpaired) electrons. The van der Waals surface area contributed by atoms with Crippen LogP contribution in [0.2, 0.25) is 0 Å². The lowest BCUT2D eigenvalue weighted by atomic mass is 10.0. The molecule has 1 rings (SSSR count). The minimum Gasteiger partial charge on any atom is -0.509 e. The lowest BCUT2D eigenvalue weighted by Gasteiger charge is -2.30. The van der Waals surface area contributed by atoms with Crippen molar-refractivity contribution in [3.63, 3.8) is 0 Å². The van der Waals surface area contributed by atoms with Crippen LogP contribution in [0.5, 0.6) is 0 Å². The highest BCUT2D eigenvalue weighted by molar-refractivity contribution is 5.51. The number of aliphatic hydroxyl groups excluding tert-OH is 4. The quantitative estimate of drug-likeness (QED) is 0.516. The maximum atomic E-state index is 10.2. The van der Waals surface area contributed by atoms with Gasteiger partial charge < -0.3 is 29.9 Å². The first-order valence-electron chi connectivity index (χ1n) is 6.53. The molecule has 0 aliphatic rings. The Morgan fingerprint density at radius 2 is 1.76 bits per heavy atom. The van der Waals surface area contributed by atoms with E-state index >= 15 is 0 Å². The monoisotopic (exact) mass is 298 g/mol. The maximum Gasteiger partial charge on any atom is 0.142 e. The number of aliphatic hydroxyl groups is 4. The van der Waals surface area contributed by atoms with Gasteiger partial charge in [-0.25, -0.2) is 0 Å². The summed E-state index contributed by atoms with van der Waals surface area (Å²) >= 11 is 0. The van der Waals surface area contributed by atoms with Gasteiger partial charge in [0.2, 0.25) is 0 Å². The van der Waals surface area contributed by atoms with E-state index in [0.29, 0.717) is 0 Å². The van der Waals surface area contributed by atoms with E-state index in [1.165, 1.54) is 20.3 Å². The molecule has 4 N–H and O–H groups in total. The average Bonchev–Trinajstić information content (AvgIpc) is 2.49. The van der Waals surface area contributed by atoms with Gasteiger partial charge in [0.25, 0.3) is 0 Å². The van der Waals surface area contributed by atoms with E-state index in [4.69, 9.17) is 14.6 Å². The molecule has 118 valence electrons. The number of hydrogen-bond acceptors (Lipinski definition) is 6.